The van der Waals surface area contributed by atoms with Crippen molar-refractivity contribution in [3.05, 3.63) is 64.9 Å². The standard InChI is InChI=1S/C22H20F2N2O5/c1-11-14(9-19(28)25-22(2,3)21(30)31)15-8-18(27)16(24)10-17(15)26(11)20(29)12-4-6-13(23)7-5-12/h4-8,10,27H,9H2,1-3H3,(H,25,28)(H,30,31). The molecule has 1 amide bonds. The Bertz CT molecular complexity index is 1210. The summed E-state index contributed by atoms with van der Waals surface area (Å²) in [4.78, 5) is 36.9. The predicted octanol–water partition coefficient (Wildman–Crippen LogP) is 3.14. The zero-order chi connectivity index (χ0) is 23.1. The number of phenolic OH excluding ortho intramolecular Hbond substituents is 1. The number of phenols is 1. The van der Waals surface area contributed by atoms with Gasteiger partial charge in [-0.2, -0.15) is 0 Å². The lowest BCUT2D eigenvalue weighted by atomic mass is 10.0. The van der Waals surface area contributed by atoms with Crippen LogP contribution in [0, 0.1) is 18.6 Å². The summed E-state index contributed by atoms with van der Waals surface area (Å²) >= 11 is 0. The van der Waals surface area contributed by atoms with E-state index in [0.717, 1.165) is 24.3 Å². The first-order valence-corrected chi connectivity index (χ1v) is 9.29. The van der Waals surface area contributed by atoms with Crippen LogP contribution in [0.3, 0.4) is 0 Å². The van der Waals surface area contributed by atoms with E-state index in [9.17, 15) is 33.4 Å². The van der Waals surface area contributed by atoms with E-state index < -0.39 is 40.7 Å². The number of halogens is 2. The molecule has 2 aromatic carbocycles. The van der Waals surface area contributed by atoms with Crippen molar-refractivity contribution in [3.63, 3.8) is 0 Å². The Hall–Kier alpha value is -3.75. The average molecular weight is 430 g/mol. The number of aliphatic carboxylic acids is 1. The van der Waals surface area contributed by atoms with Crippen LogP contribution in [0.4, 0.5) is 8.78 Å². The topological polar surface area (TPSA) is 109 Å². The normalized spacial score (nSPS) is 11.5. The highest BCUT2D eigenvalue weighted by molar-refractivity contribution is 6.05. The summed E-state index contributed by atoms with van der Waals surface area (Å²) in [7, 11) is 0. The van der Waals surface area contributed by atoms with E-state index in [-0.39, 0.29) is 22.9 Å². The number of amides is 1. The Morgan fingerprint density at radius 3 is 2.29 bits per heavy atom. The SMILES string of the molecule is Cc1c(CC(=O)NC(C)(C)C(=O)O)c2cc(O)c(F)cc2n1C(=O)c1ccc(F)cc1. The van der Waals surface area contributed by atoms with Crippen molar-refractivity contribution in [2.75, 3.05) is 0 Å². The van der Waals surface area contributed by atoms with Gasteiger partial charge in [0.15, 0.2) is 11.6 Å². The minimum atomic E-state index is -1.53. The molecule has 31 heavy (non-hydrogen) atoms. The van der Waals surface area contributed by atoms with Gasteiger partial charge in [0, 0.05) is 22.7 Å². The summed E-state index contributed by atoms with van der Waals surface area (Å²) in [6.45, 7) is 4.19. The number of aromatic hydroxyl groups is 1. The molecule has 0 atom stereocenters. The fourth-order valence-corrected chi connectivity index (χ4v) is 3.30. The van der Waals surface area contributed by atoms with Crippen molar-refractivity contribution in [3.8, 4) is 5.75 Å². The van der Waals surface area contributed by atoms with E-state index in [2.05, 4.69) is 5.32 Å². The number of fused-ring (bicyclic) bond motifs is 1. The van der Waals surface area contributed by atoms with Crippen molar-refractivity contribution < 1.29 is 33.4 Å². The van der Waals surface area contributed by atoms with Crippen LogP contribution in [0.1, 0.15) is 35.5 Å². The monoisotopic (exact) mass is 430 g/mol. The molecule has 162 valence electrons. The van der Waals surface area contributed by atoms with Crippen LogP contribution < -0.4 is 5.32 Å². The fraction of sp³-hybridized carbons (Fsp3) is 0.227. The van der Waals surface area contributed by atoms with Crippen LogP contribution in [0.2, 0.25) is 0 Å². The summed E-state index contributed by atoms with van der Waals surface area (Å²) in [5.74, 6) is -4.59. The number of benzene rings is 2. The van der Waals surface area contributed by atoms with Gasteiger partial charge in [0.25, 0.3) is 5.91 Å². The van der Waals surface area contributed by atoms with E-state index in [4.69, 9.17) is 0 Å². The third kappa shape index (κ3) is 4.11. The first kappa shape index (κ1) is 21.9. The molecule has 0 spiro atoms. The lowest BCUT2D eigenvalue weighted by Crippen LogP contribution is -2.50. The Labute approximate surface area is 175 Å². The minimum absolute atomic E-state index is 0.113. The summed E-state index contributed by atoms with van der Waals surface area (Å²) < 4.78 is 28.5. The second-order valence-electron chi connectivity index (χ2n) is 7.69. The number of hydrogen-bond donors (Lipinski definition) is 3. The molecule has 7 nitrogen and oxygen atoms in total. The Balaban J connectivity index is 2.12. The van der Waals surface area contributed by atoms with E-state index >= 15 is 0 Å². The van der Waals surface area contributed by atoms with E-state index in [1.165, 1.54) is 30.5 Å². The van der Waals surface area contributed by atoms with Crippen LogP contribution >= 0.6 is 0 Å². The number of hydrogen-bond acceptors (Lipinski definition) is 4. The lowest BCUT2D eigenvalue weighted by Gasteiger charge is -2.21. The van der Waals surface area contributed by atoms with E-state index in [1.54, 1.807) is 6.92 Å². The quantitative estimate of drug-likeness (QED) is 0.576. The van der Waals surface area contributed by atoms with Crippen LogP contribution in [0.25, 0.3) is 10.9 Å². The number of carbonyl (C=O) groups excluding carboxylic acids is 2. The first-order chi connectivity index (χ1) is 14.4. The summed E-state index contributed by atoms with van der Waals surface area (Å²) in [6.07, 6.45) is -0.312. The van der Waals surface area contributed by atoms with Crippen molar-refractivity contribution in [1.29, 1.82) is 0 Å². The van der Waals surface area contributed by atoms with Crippen LogP contribution in [0.15, 0.2) is 36.4 Å². The van der Waals surface area contributed by atoms with E-state index in [0.29, 0.717) is 11.3 Å². The molecule has 3 N–H and O–H groups in total. The van der Waals surface area contributed by atoms with Crippen molar-refractivity contribution in [2.24, 2.45) is 0 Å². The molecule has 0 radical (unpaired) electrons. The van der Waals surface area contributed by atoms with Crippen molar-refractivity contribution in [2.45, 2.75) is 32.7 Å². The maximum atomic E-state index is 14.1. The number of rotatable bonds is 5. The molecular formula is C22H20F2N2O5. The van der Waals surface area contributed by atoms with Crippen LogP contribution in [0.5, 0.6) is 5.75 Å². The third-order valence-electron chi connectivity index (χ3n) is 5.02. The molecular weight excluding hydrogens is 410 g/mol. The Morgan fingerprint density at radius 1 is 1.10 bits per heavy atom. The van der Waals surface area contributed by atoms with Crippen LogP contribution in [-0.2, 0) is 16.0 Å². The molecule has 0 aliphatic rings. The zero-order valence-corrected chi connectivity index (χ0v) is 17.0. The summed E-state index contributed by atoms with van der Waals surface area (Å²) in [5, 5.41) is 21.7. The number of aromatic nitrogens is 1. The second kappa shape index (κ2) is 7.82. The van der Waals surface area contributed by atoms with Gasteiger partial charge in [0.1, 0.15) is 11.4 Å². The van der Waals surface area contributed by atoms with Gasteiger partial charge in [-0.3, -0.25) is 14.2 Å². The van der Waals surface area contributed by atoms with Gasteiger partial charge >= 0.3 is 5.97 Å². The predicted molar refractivity (Wildman–Crippen MR) is 108 cm³/mol. The molecule has 0 fully saturated rings. The van der Waals surface area contributed by atoms with Crippen LogP contribution in [-0.4, -0.2) is 38.1 Å². The number of carboxylic acid groups (broad SMARTS) is 1. The van der Waals surface area contributed by atoms with Gasteiger partial charge in [-0.1, -0.05) is 0 Å². The average Bonchev–Trinajstić information content (AvgIpc) is 2.92. The molecule has 0 bridgehead atoms. The molecule has 0 aliphatic heterocycles. The lowest BCUT2D eigenvalue weighted by molar-refractivity contribution is -0.145. The molecule has 3 aromatic rings. The van der Waals surface area contributed by atoms with Crippen molar-refractivity contribution in [1.82, 2.24) is 9.88 Å². The number of carboxylic acids is 1. The minimum Gasteiger partial charge on any atom is -0.505 e. The maximum absolute atomic E-state index is 14.1. The molecule has 1 aromatic heterocycles. The first-order valence-electron chi connectivity index (χ1n) is 9.29. The summed E-state index contributed by atoms with van der Waals surface area (Å²) in [5.41, 5.74) is -0.654. The third-order valence-corrected chi connectivity index (χ3v) is 5.02. The molecule has 3 rings (SSSR count). The van der Waals surface area contributed by atoms with Gasteiger partial charge in [-0.15, -0.1) is 0 Å². The van der Waals surface area contributed by atoms with Gasteiger partial charge in [0.05, 0.1) is 11.9 Å². The second-order valence-corrected chi connectivity index (χ2v) is 7.69. The highest BCUT2D eigenvalue weighted by Gasteiger charge is 2.30. The molecule has 0 saturated carbocycles. The fourth-order valence-electron chi connectivity index (χ4n) is 3.30. The number of carbonyl (C=O) groups is 3. The highest BCUT2D eigenvalue weighted by Crippen LogP contribution is 2.32. The molecule has 1 heterocycles. The van der Waals surface area contributed by atoms with Crippen molar-refractivity contribution >= 4 is 28.7 Å². The van der Waals surface area contributed by atoms with Gasteiger partial charge in [-0.05, 0) is 56.7 Å². The molecule has 0 unspecified atom stereocenters. The number of nitrogens with zero attached hydrogens (tertiary/aromatic N) is 1. The molecule has 0 aliphatic carbocycles. The highest BCUT2D eigenvalue weighted by atomic mass is 19.1. The van der Waals surface area contributed by atoms with Gasteiger partial charge in [0.2, 0.25) is 5.91 Å². The Kier molecular flexibility index (Phi) is 5.54. The van der Waals surface area contributed by atoms with Gasteiger partial charge < -0.3 is 15.5 Å². The number of nitrogens with one attached hydrogen (secondary N) is 1. The van der Waals surface area contributed by atoms with Gasteiger partial charge in [-0.25, -0.2) is 13.6 Å². The van der Waals surface area contributed by atoms with E-state index in [1.807, 2.05) is 0 Å². The molecule has 9 heteroatoms. The maximum Gasteiger partial charge on any atom is 0.328 e. The largest absolute Gasteiger partial charge is 0.505 e. The summed E-state index contributed by atoms with van der Waals surface area (Å²) in [6, 6.07) is 6.87. The zero-order valence-electron chi connectivity index (χ0n) is 17.0. The Morgan fingerprint density at radius 2 is 1.71 bits per heavy atom. The smallest absolute Gasteiger partial charge is 0.328 e. The molecule has 0 saturated heterocycles.